The van der Waals surface area contributed by atoms with Gasteiger partial charge in [0.1, 0.15) is 5.75 Å². The van der Waals surface area contributed by atoms with E-state index in [9.17, 15) is 0 Å². The van der Waals surface area contributed by atoms with Crippen molar-refractivity contribution < 1.29 is 9.47 Å². The Morgan fingerprint density at radius 3 is 2.76 bits per heavy atom. The number of rotatable bonds is 4. The number of benzene rings is 1. The topological polar surface area (TPSA) is 56.5 Å². The first-order valence-electron chi connectivity index (χ1n) is 8.06. The number of para-hydroxylation sites is 1. The molecular formula is C17H26N2O2. The summed E-state index contributed by atoms with van der Waals surface area (Å²) in [5, 5.41) is 0. The normalized spacial score (nSPS) is 22.2. The average Bonchev–Trinajstić information content (AvgIpc) is 2.56. The molecule has 1 heterocycles. The molecule has 1 atom stereocenters. The SMILES string of the molecule is COC1(C(NN)c2cccc3c2OCCC3)CCCCC1. The first-order chi connectivity index (χ1) is 10.3. The van der Waals surface area contributed by atoms with Gasteiger partial charge in [0.2, 0.25) is 0 Å². The molecule has 0 radical (unpaired) electrons. The summed E-state index contributed by atoms with van der Waals surface area (Å²) in [7, 11) is 1.81. The van der Waals surface area contributed by atoms with Crippen molar-refractivity contribution in [2.24, 2.45) is 5.84 Å². The third-order valence-electron chi connectivity index (χ3n) is 5.07. The van der Waals surface area contributed by atoms with Crippen LogP contribution in [0.15, 0.2) is 18.2 Å². The van der Waals surface area contributed by atoms with E-state index in [0.29, 0.717) is 0 Å². The molecule has 21 heavy (non-hydrogen) atoms. The van der Waals surface area contributed by atoms with Crippen molar-refractivity contribution >= 4 is 0 Å². The molecule has 1 fully saturated rings. The van der Waals surface area contributed by atoms with E-state index in [4.69, 9.17) is 15.3 Å². The Kier molecular flexibility index (Phi) is 4.48. The number of methoxy groups -OCH3 is 1. The molecule has 0 bridgehead atoms. The number of nitrogens with two attached hydrogens (primary N) is 1. The standard InChI is InChI=1S/C17H26N2O2/c1-20-17(10-3-2-4-11-17)16(19-18)14-9-5-7-13-8-6-12-21-15(13)14/h5,7,9,16,19H,2-4,6,8,10-12,18H2,1H3. The molecule has 4 heteroatoms. The Bertz CT molecular complexity index is 484. The molecule has 1 aromatic carbocycles. The summed E-state index contributed by atoms with van der Waals surface area (Å²) in [6.07, 6.45) is 7.94. The number of hydrogen-bond donors (Lipinski definition) is 2. The van der Waals surface area contributed by atoms with Gasteiger partial charge in [0.05, 0.1) is 18.2 Å². The minimum absolute atomic E-state index is 0.0177. The van der Waals surface area contributed by atoms with Crippen molar-refractivity contribution in [1.82, 2.24) is 5.43 Å². The van der Waals surface area contributed by atoms with Gasteiger partial charge in [0, 0.05) is 12.7 Å². The third kappa shape index (κ3) is 2.68. The van der Waals surface area contributed by atoms with Crippen LogP contribution in [0.25, 0.3) is 0 Å². The lowest BCUT2D eigenvalue weighted by Crippen LogP contribution is -2.49. The number of ether oxygens (including phenoxy) is 2. The highest BCUT2D eigenvalue weighted by atomic mass is 16.5. The van der Waals surface area contributed by atoms with E-state index in [-0.39, 0.29) is 11.6 Å². The van der Waals surface area contributed by atoms with Gasteiger partial charge in [-0.25, -0.2) is 5.43 Å². The number of fused-ring (bicyclic) bond motifs is 1. The average molecular weight is 290 g/mol. The maximum Gasteiger partial charge on any atom is 0.127 e. The van der Waals surface area contributed by atoms with Crippen LogP contribution in [0, 0.1) is 0 Å². The van der Waals surface area contributed by atoms with Crippen molar-refractivity contribution in [3.8, 4) is 5.75 Å². The zero-order valence-electron chi connectivity index (χ0n) is 12.9. The van der Waals surface area contributed by atoms with Gasteiger partial charge in [-0.2, -0.15) is 0 Å². The molecule has 0 amide bonds. The smallest absolute Gasteiger partial charge is 0.127 e. The summed E-state index contributed by atoms with van der Waals surface area (Å²) in [6, 6.07) is 6.38. The number of nitrogens with one attached hydrogen (secondary N) is 1. The summed E-state index contributed by atoms with van der Waals surface area (Å²) in [5.41, 5.74) is 5.25. The number of aryl methyl sites for hydroxylation is 1. The Morgan fingerprint density at radius 2 is 2.05 bits per heavy atom. The summed E-state index contributed by atoms with van der Waals surface area (Å²) < 4.78 is 11.9. The van der Waals surface area contributed by atoms with Crippen molar-refractivity contribution in [2.45, 2.75) is 56.6 Å². The molecule has 0 aromatic heterocycles. The lowest BCUT2D eigenvalue weighted by atomic mass is 9.76. The van der Waals surface area contributed by atoms with Gasteiger partial charge in [-0.1, -0.05) is 37.5 Å². The van der Waals surface area contributed by atoms with E-state index < -0.39 is 0 Å². The molecule has 0 saturated heterocycles. The minimum atomic E-state index is -0.219. The van der Waals surface area contributed by atoms with Crippen LogP contribution >= 0.6 is 0 Å². The third-order valence-corrected chi connectivity index (χ3v) is 5.07. The summed E-state index contributed by atoms with van der Waals surface area (Å²) in [4.78, 5) is 0. The van der Waals surface area contributed by atoms with Gasteiger partial charge < -0.3 is 9.47 Å². The van der Waals surface area contributed by atoms with Crippen LogP contribution in [-0.4, -0.2) is 19.3 Å². The zero-order chi connectivity index (χ0) is 14.7. The van der Waals surface area contributed by atoms with Gasteiger partial charge in [-0.05, 0) is 31.2 Å². The number of hydrazine groups is 1. The molecular weight excluding hydrogens is 264 g/mol. The van der Waals surface area contributed by atoms with E-state index in [0.717, 1.165) is 43.6 Å². The van der Waals surface area contributed by atoms with Gasteiger partial charge in [0.15, 0.2) is 0 Å². The van der Waals surface area contributed by atoms with Crippen LogP contribution in [0.3, 0.4) is 0 Å². The Morgan fingerprint density at radius 1 is 1.24 bits per heavy atom. The second-order valence-electron chi connectivity index (χ2n) is 6.22. The van der Waals surface area contributed by atoms with Gasteiger partial charge >= 0.3 is 0 Å². The van der Waals surface area contributed by atoms with Crippen LogP contribution in [-0.2, 0) is 11.2 Å². The highest BCUT2D eigenvalue weighted by Crippen LogP contribution is 2.44. The molecule has 116 valence electrons. The van der Waals surface area contributed by atoms with Crippen LogP contribution < -0.4 is 16.0 Å². The van der Waals surface area contributed by atoms with Crippen LogP contribution in [0.5, 0.6) is 5.75 Å². The van der Waals surface area contributed by atoms with Crippen LogP contribution in [0.2, 0.25) is 0 Å². The summed E-state index contributed by atoms with van der Waals surface area (Å²) in [5.74, 6) is 6.97. The fraction of sp³-hybridized carbons (Fsp3) is 0.647. The van der Waals surface area contributed by atoms with Crippen molar-refractivity contribution in [2.75, 3.05) is 13.7 Å². The molecule has 1 saturated carbocycles. The van der Waals surface area contributed by atoms with Crippen LogP contribution in [0.4, 0.5) is 0 Å². The number of hydrogen-bond acceptors (Lipinski definition) is 4. The minimum Gasteiger partial charge on any atom is -0.493 e. The predicted molar refractivity (Wildman–Crippen MR) is 83.1 cm³/mol. The molecule has 3 N–H and O–H groups in total. The largest absolute Gasteiger partial charge is 0.493 e. The lowest BCUT2D eigenvalue weighted by Gasteiger charge is -2.43. The monoisotopic (exact) mass is 290 g/mol. The Hall–Kier alpha value is -1.10. The molecule has 1 aromatic rings. The molecule has 4 nitrogen and oxygen atoms in total. The molecule has 1 aliphatic carbocycles. The fourth-order valence-corrected chi connectivity index (χ4v) is 3.93. The zero-order valence-corrected chi connectivity index (χ0v) is 12.9. The highest BCUT2D eigenvalue weighted by molar-refractivity contribution is 5.45. The molecule has 2 aliphatic rings. The second kappa shape index (κ2) is 6.34. The molecule has 3 rings (SSSR count). The second-order valence-corrected chi connectivity index (χ2v) is 6.22. The van der Waals surface area contributed by atoms with Gasteiger partial charge in [0.25, 0.3) is 0 Å². The lowest BCUT2D eigenvalue weighted by molar-refractivity contribution is -0.0694. The summed E-state index contributed by atoms with van der Waals surface area (Å²) in [6.45, 7) is 0.793. The first kappa shape index (κ1) is 14.8. The predicted octanol–water partition coefficient (Wildman–Crippen LogP) is 2.87. The van der Waals surface area contributed by atoms with E-state index in [1.807, 2.05) is 7.11 Å². The van der Waals surface area contributed by atoms with Crippen LogP contribution in [0.1, 0.15) is 55.7 Å². The van der Waals surface area contributed by atoms with Gasteiger partial charge in [-0.3, -0.25) is 5.84 Å². The van der Waals surface area contributed by atoms with Crippen molar-refractivity contribution in [1.29, 1.82) is 0 Å². The van der Waals surface area contributed by atoms with Crippen molar-refractivity contribution in [3.63, 3.8) is 0 Å². The first-order valence-corrected chi connectivity index (χ1v) is 8.06. The van der Waals surface area contributed by atoms with E-state index in [1.54, 1.807) is 0 Å². The van der Waals surface area contributed by atoms with Gasteiger partial charge in [-0.15, -0.1) is 0 Å². The Balaban J connectivity index is 1.99. The Labute approximate surface area is 127 Å². The maximum absolute atomic E-state index is 5.98. The molecule has 0 spiro atoms. The highest BCUT2D eigenvalue weighted by Gasteiger charge is 2.42. The van der Waals surface area contributed by atoms with E-state index in [2.05, 4.69) is 23.6 Å². The van der Waals surface area contributed by atoms with E-state index in [1.165, 1.54) is 24.8 Å². The fourth-order valence-electron chi connectivity index (χ4n) is 3.93. The quantitative estimate of drug-likeness (QED) is 0.661. The molecule has 1 unspecified atom stereocenters. The maximum atomic E-state index is 5.98. The molecule has 1 aliphatic heterocycles. The summed E-state index contributed by atoms with van der Waals surface area (Å²) >= 11 is 0. The van der Waals surface area contributed by atoms with E-state index >= 15 is 0 Å². The van der Waals surface area contributed by atoms with Crippen molar-refractivity contribution in [3.05, 3.63) is 29.3 Å².